The lowest BCUT2D eigenvalue weighted by atomic mass is 9.98. The number of methoxy groups -OCH3 is 2. The second-order valence-electron chi connectivity index (χ2n) is 23.0. The Balaban J connectivity index is 0.864. The normalized spacial score (nSPS) is 17.8. The van der Waals surface area contributed by atoms with E-state index in [9.17, 15) is 24.0 Å². The predicted molar refractivity (Wildman–Crippen MR) is 308 cm³/mol. The molecule has 1 N–H and O–H groups in total. The molecule has 0 bridgehead atoms. The first-order chi connectivity index (χ1) is 37.8. The van der Waals surface area contributed by atoms with Crippen LogP contribution in [0.15, 0.2) is 108 Å². The zero-order valence-electron chi connectivity index (χ0n) is 46.8. The summed E-state index contributed by atoms with van der Waals surface area (Å²) in [5, 5.41) is 2.80. The van der Waals surface area contributed by atoms with Gasteiger partial charge in [0.1, 0.15) is 32.2 Å². The van der Waals surface area contributed by atoms with Crippen LogP contribution >= 0.6 is 0 Å². The fraction of sp³-hybridized carbons (Fsp3) is 0.417. The molecule has 0 saturated heterocycles. The molecule has 4 aromatic rings. The standard InChI is InChI=1S/C60H73N5O12Si2/c1-39-28-50-58(68)64(37-73-24-26-78(4,5)6)48-32-54(52(71-2)30-45(48)56(66)62(50)34-39)75-22-15-23-76-55-33-49-46(31-53(55)72-3)57(67)63-35-40(29-51(63)59(69)65(49)38-74-25-27-79(7,8)9)16-14-21-61-60(70)77-36-47-43-19-12-10-17-41(43)42-18-11-13-20-44(42)47/h10-14,16-20,30-35,47,50-51H,15,21-29,36-38H2,1-9H3,(H,61,70)/b16-14+/t50-,51-/m0/s1. The Morgan fingerprint density at radius 2 is 1.13 bits per heavy atom. The van der Waals surface area contributed by atoms with Crippen LogP contribution in [0.25, 0.3) is 11.1 Å². The quantitative estimate of drug-likeness (QED) is 0.0551. The molecular weight excluding hydrogens is 1040 g/mol. The van der Waals surface area contributed by atoms with Crippen molar-refractivity contribution in [1.29, 1.82) is 0 Å². The number of fused-ring (bicyclic) bond motifs is 7. The van der Waals surface area contributed by atoms with Gasteiger partial charge in [0.05, 0.1) is 49.9 Å². The summed E-state index contributed by atoms with van der Waals surface area (Å²) in [6.45, 7) is 17.0. The van der Waals surface area contributed by atoms with Gasteiger partial charge in [-0.15, -0.1) is 0 Å². The molecule has 9 rings (SSSR count). The lowest BCUT2D eigenvalue weighted by Crippen LogP contribution is -2.45. The number of hydrogen-bond acceptors (Lipinski definition) is 12. The van der Waals surface area contributed by atoms with Crippen molar-refractivity contribution in [3.63, 3.8) is 0 Å². The molecule has 79 heavy (non-hydrogen) atoms. The van der Waals surface area contributed by atoms with Crippen molar-refractivity contribution in [2.45, 2.75) is 95.6 Å². The van der Waals surface area contributed by atoms with Crippen LogP contribution < -0.4 is 34.1 Å². The molecule has 418 valence electrons. The fourth-order valence-corrected chi connectivity index (χ4v) is 11.9. The zero-order valence-corrected chi connectivity index (χ0v) is 48.8. The Hall–Kier alpha value is -7.20. The van der Waals surface area contributed by atoms with E-state index in [1.807, 2.05) is 37.3 Å². The molecule has 0 unspecified atom stereocenters. The maximum absolute atomic E-state index is 14.7. The molecule has 4 aliphatic heterocycles. The first-order valence-corrected chi connectivity index (χ1v) is 34.5. The summed E-state index contributed by atoms with van der Waals surface area (Å²) in [5.41, 5.74) is 7.48. The summed E-state index contributed by atoms with van der Waals surface area (Å²) < 4.78 is 42.2. The summed E-state index contributed by atoms with van der Waals surface area (Å²) in [4.78, 5) is 76.4. The smallest absolute Gasteiger partial charge is 0.407 e. The predicted octanol–water partition coefficient (Wildman–Crippen LogP) is 10.2. The number of hydrogen-bond donors (Lipinski definition) is 1. The third-order valence-corrected chi connectivity index (χ3v) is 18.1. The van der Waals surface area contributed by atoms with E-state index in [4.69, 9.17) is 33.2 Å². The Kier molecular flexibility index (Phi) is 17.2. The van der Waals surface area contributed by atoms with E-state index >= 15 is 0 Å². The van der Waals surface area contributed by atoms with Gasteiger partial charge in [0.2, 0.25) is 0 Å². The third kappa shape index (κ3) is 12.6. The van der Waals surface area contributed by atoms with Crippen LogP contribution in [-0.4, -0.2) is 135 Å². The van der Waals surface area contributed by atoms with Crippen LogP contribution in [0.5, 0.6) is 23.0 Å². The number of carbonyl (C=O) groups is 5. The van der Waals surface area contributed by atoms with Gasteiger partial charge in [-0.05, 0) is 65.4 Å². The van der Waals surface area contributed by atoms with Crippen molar-refractivity contribution in [3.05, 3.63) is 131 Å². The van der Waals surface area contributed by atoms with Crippen LogP contribution in [0.4, 0.5) is 16.2 Å². The molecule has 4 heterocycles. The van der Waals surface area contributed by atoms with Crippen LogP contribution in [0.3, 0.4) is 0 Å². The molecular formula is C60H73N5O12Si2. The molecule has 17 nitrogen and oxygen atoms in total. The van der Waals surface area contributed by atoms with Gasteiger partial charge >= 0.3 is 6.09 Å². The molecule has 0 radical (unpaired) electrons. The van der Waals surface area contributed by atoms with Crippen molar-refractivity contribution in [2.75, 3.05) is 77.1 Å². The molecule has 0 saturated carbocycles. The van der Waals surface area contributed by atoms with Crippen molar-refractivity contribution < 1.29 is 57.1 Å². The lowest BCUT2D eigenvalue weighted by Gasteiger charge is -2.27. The first-order valence-electron chi connectivity index (χ1n) is 27.1. The van der Waals surface area contributed by atoms with Crippen molar-refractivity contribution in [1.82, 2.24) is 15.1 Å². The van der Waals surface area contributed by atoms with Crippen molar-refractivity contribution in [3.8, 4) is 34.1 Å². The molecule has 5 amide bonds. The second-order valence-corrected chi connectivity index (χ2v) is 34.2. The SMILES string of the molecule is COc1cc2c(cc1OCCCOc1cc3c(cc1OC)C(=O)N1C=C(/C=C/CNC(=O)OCC4c5ccccc5-c5ccccc54)C[C@H]1C(=O)N3COCC[Si](C)(C)C)N(COCC[Si](C)(C)C)C(=O)[C@@H]1CC(C)=CN1C2=O. The highest BCUT2D eigenvalue weighted by molar-refractivity contribution is 6.76. The van der Waals surface area contributed by atoms with Crippen molar-refractivity contribution >= 4 is 57.2 Å². The maximum Gasteiger partial charge on any atom is 0.407 e. The van der Waals surface area contributed by atoms with Gasteiger partial charge in [0, 0.05) is 79.2 Å². The minimum atomic E-state index is -1.48. The number of nitrogens with zero attached hydrogens (tertiary/aromatic N) is 4. The fourth-order valence-electron chi connectivity index (χ4n) is 10.4. The highest BCUT2D eigenvalue weighted by Gasteiger charge is 2.44. The Morgan fingerprint density at radius 1 is 0.633 bits per heavy atom. The number of carbonyl (C=O) groups excluding carboxylic acids is 5. The Labute approximate surface area is 465 Å². The van der Waals surface area contributed by atoms with Crippen LogP contribution in [0.1, 0.15) is 63.9 Å². The van der Waals surface area contributed by atoms with E-state index in [-0.39, 0.29) is 75.5 Å². The van der Waals surface area contributed by atoms with Gasteiger partial charge in [-0.3, -0.25) is 29.0 Å². The molecule has 2 atom stereocenters. The Morgan fingerprint density at radius 3 is 1.63 bits per heavy atom. The number of allylic oxidation sites excluding steroid dienone is 1. The van der Waals surface area contributed by atoms with E-state index in [0.717, 1.165) is 45.5 Å². The highest BCUT2D eigenvalue weighted by Crippen LogP contribution is 2.46. The number of alkyl carbamates (subject to hydrolysis) is 1. The summed E-state index contributed by atoms with van der Waals surface area (Å²) in [5.74, 6) is -0.0422. The average molecular weight is 1110 g/mol. The molecule has 4 aromatic carbocycles. The van der Waals surface area contributed by atoms with Crippen molar-refractivity contribution in [2.24, 2.45) is 0 Å². The van der Waals surface area contributed by atoms with E-state index in [1.165, 1.54) is 28.9 Å². The molecule has 0 fully saturated rings. The van der Waals surface area contributed by atoms with E-state index < -0.39 is 40.2 Å². The Bertz CT molecular complexity index is 3050. The van der Waals surface area contributed by atoms with Gasteiger partial charge in [0.15, 0.2) is 23.0 Å². The molecule has 19 heteroatoms. The minimum Gasteiger partial charge on any atom is -0.493 e. The van der Waals surface area contributed by atoms with Crippen LogP contribution in [0, 0.1) is 0 Å². The third-order valence-electron chi connectivity index (χ3n) is 14.7. The van der Waals surface area contributed by atoms with E-state index in [1.54, 1.807) is 47.6 Å². The minimum absolute atomic E-state index is 0.0186. The van der Waals surface area contributed by atoms with Gasteiger partial charge in [0.25, 0.3) is 23.6 Å². The van der Waals surface area contributed by atoms with Gasteiger partial charge in [-0.1, -0.05) is 106 Å². The van der Waals surface area contributed by atoms with Crippen LogP contribution in [0.2, 0.25) is 51.4 Å². The maximum atomic E-state index is 14.7. The molecule has 0 aromatic heterocycles. The topological polar surface area (TPSA) is 175 Å². The van der Waals surface area contributed by atoms with E-state index in [0.29, 0.717) is 66.0 Å². The zero-order chi connectivity index (χ0) is 56.2. The summed E-state index contributed by atoms with van der Waals surface area (Å²) >= 11 is 0. The van der Waals surface area contributed by atoms with Gasteiger partial charge < -0.3 is 48.3 Å². The monoisotopic (exact) mass is 1110 g/mol. The number of anilines is 2. The largest absolute Gasteiger partial charge is 0.493 e. The average Bonchev–Trinajstić information content (AvgIpc) is 4.08. The lowest BCUT2D eigenvalue weighted by molar-refractivity contribution is -0.123. The summed E-state index contributed by atoms with van der Waals surface area (Å²) in [6.07, 6.45) is 7.51. The molecule has 1 aliphatic carbocycles. The van der Waals surface area contributed by atoms with E-state index in [2.05, 4.69) is 68.9 Å². The first kappa shape index (κ1) is 56.5. The number of nitrogens with one attached hydrogen (secondary N) is 1. The highest BCUT2D eigenvalue weighted by atomic mass is 28.3. The molecule has 5 aliphatic rings. The van der Waals surface area contributed by atoms with Gasteiger partial charge in [-0.2, -0.15) is 0 Å². The summed E-state index contributed by atoms with van der Waals surface area (Å²) in [6, 6.07) is 23.1. The molecule has 0 spiro atoms. The number of rotatable bonds is 23. The number of ether oxygens (including phenoxy) is 7. The van der Waals surface area contributed by atoms with Gasteiger partial charge in [-0.25, -0.2) is 4.79 Å². The second kappa shape index (κ2) is 24.0. The number of amides is 5. The van der Waals surface area contributed by atoms with Crippen LogP contribution in [-0.2, 0) is 23.8 Å². The number of benzene rings is 4. The summed E-state index contributed by atoms with van der Waals surface area (Å²) in [7, 11) is 0.0907.